The van der Waals surface area contributed by atoms with E-state index in [0.29, 0.717) is 0 Å². The summed E-state index contributed by atoms with van der Waals surface area (Å²) in [6.07, 6.45) is 1.21. The molecule has 0 atom stereocenters. The molecule has 3 nitrogen and oxygen atoms in total. The predicted molar refractivity (Wildman–Crippen MR) is 51.0 cm³/mol. The summed E-state index contributed by atoms with van der Waals surface area (Å²) in [7, 11) is 0. The van der Waals surface area contributed by atoms with Crippen LogP contribution in [-0.4, -0.2) is 59.2 Å². The van der Waals surface area contributed by atoms with Gasteiger partial charge >= 0.3 is 0 Å². The molecule has 12 heavy (non-hydrogen) atoms. The van der Waals surface area contributed by atoms with Gasteiger partial charge in [-0.3, -0.25) is 0 Å². The van der Waals surface area contributed by atoms with Crippen molar-refractivity contribution in [2.24, 2.45) is 0 Å². The number of aliphatic hydroxyl groups is 2. The Kier molecular flexibility index (Phi) is 4.35. The van der Waals surface area contributed by atoms with Crippen molar-refractivity contribution in [3.63, 3.8) is 0 Å². The summed E-state index contributed by atoms with van der Waals surface area (Å²) in [6.45, 7) is 3.19. The standard InChI is InChI=1S/C8H18NO2S/c10-5-3-9(4-6-11)2-1-7-12-8-9/h10-11H,1-8H2/q+1. The first kappa shape index (κ1) is 10.3. The normalized spacial score (nSPS) is 22.5. The second kappa shape index (κ2) is 5.07. The monoisotopic (exact) mass is 192 g/mol. The van der Waals surface area contributed by atoms with Crippen LogP contribution in [0.2, 0.25) is 0 Å². The summed E-state index contributed by atoms with van der Waals surface area (Å²) in [6, 6.07) is 0. The molecular weight excluding hydrogens is 174 g/mol. The first-order valence-electron chi connectivity index (χ1n) is 4.47. The zero-order valence-corrected chi connectivity index (χ0v) is 8.22. The van der Waals surface area contributed by atoms with Gasteiger partial charge in [0.25, 0.3) is 0 Å². The van der Waals surface area contributed by atoms with Crippen molar-refractivity contribution in [2.45, 2.75) is 6.42 Å². The molecular formula is C8H18NO2S+. The van der Waals surface area contributed by atoms with Crippen LogP contribution >= 0.6 is 11.8 Å². The third kappa shape index (κ3) is 2.62. The summed E-state index contributed by atoms with van der Waals surface area (Å²) in [4.78, 5) is 0. The Hall–Kier alpha value is 0.230. The summed E-state index contributed by atoms with van der Waals surface area (Å²) < 4.78 is 0.900. The van der Waals surface area contributed by atoms with Crippen molar-refractivity contribution in [2.75, 3.05) is 44.5 Å². The van der Waals surface area contributed by atoms with Gasteiger partial charge in [-0.2, -0.15) is 0 Å². The largest absolute Gasteiger partial charge is 0.391 e. The maximum atomic E-state index is 8.90. The lowest BCUT2D eigenvalue weighted by Gasteiger charge is -2.40. The molecule has 0 aromatic rings. The van der Waals surface area contributed by atoms with Crippen LogP contribution in [0.25, 0.3) is 0 Å². The molecule has 0 unspecified atom stereocenters. The summed E-state index contributed by atoms with van der Waals surface area (Å²) in [5, 5.41) is 17.8. The molecule has 0 saturated carbocycles. The van der Waals surface area contributed by atoms with E-state index in [4.69, 9.17) is 10.2 Å². The fourth-order valence-electron chi connectivity index (χ4n) is 1.71. The minimum Gasteiger partial charge on any atom is -0.391 e. The molecule has 0 spiro atoms. The molecule has 72 valence electrons. The van der Waals surface area contributed by atoms with E-state index >= 15 is 0 Å². The Morgan fingerprint density at radius 1 is 1.17 bits per heavy atom. The maximum absolute atomic E-state index is 8.90. The van der Waals surface area contributed by atoms with Gasteiger partial charge < -0.3 is 14.7 Å². The summed E-state index contributed by atoms with van der Waals surface area (Å²) in [5.41, 5.74) is 0. The third-order valence-corrected chi connectivity index (χ3v) is 3.74. The van der Waals surface area contributed by atoms with Crippen LogP contribution in [0, 0.1) is 0 Å². The van der Waals surface area contributed by atoms with Crippen LogP contribution in [0.1, 0.15) is 6.42 Å². The Morgan fingerprint density at radius 2 is 1.83 bits per heavy atom. The van der Waals surface area contributed by atoms with Crippen LogP contribution in [0.5, 0.6) is 0 Å². The van der Waals surface area contributed by atoms with E-state index in [1.165, 1.54) is 12.2 Å². The van der Waals surface area contributed by atoms with Gasteiger partial charge in [0.2, 0.25) is 0 Å². The number of quaternary nitrogens is 1. The van der Waals surface area contributed by atoms with Crippen molar-refractivity contribution in [1.82, 2.24) is 0 Å². The van der Waals surface area contributed by atoms with Crippen molar-refractivity contribution in [3.05, 3.63) is 0 Å². The number of nitrogens with zero attached hydrogens (tertiary/aromatic N) is 1. The lowest BCUT2D eigenvalue weighted by Crippen LogP contribution is -2.53. The second-order valence-electron chi connectivity index (χ2n) is 3.35. The van der Waals surface area contributed by atoms with Crippen molar-refractivity contribution in [1.29, 1.82) is 0 Å². The number of hydrogen-bond donors (Lipinski definition) is 2. The first-order chi connectivity index (χ1) is 5.83. The Labute approximate surface area is 78.0 Å². The molecule has 0 bridgehead atoms. The van der Waals surface area contributed by atoms with Gasteiger partial charge in [0.1, 0.15) is 19.0 Å². The molecule has 0 aromatic carbocycles. The molecule has 1 fully saturated rings. The zero-order chi connectivity index (χ0) is 8.86. The lowest BCUT2D eigenvalue weighted by molar-refractivity contribution is -0.918. The maximum Gasteiger partial charge on any atom is 0.125 e. The molecule has 1 aliphatic heterocycles. The van der Waals surface area contributed by atoms with Gasteiger partial charge in [-0.05, 0) is 0 Å². The fourth-order valence-corrected chi connectivity index (χ4v) is 2.95. The predicted octanol–water partition coefficient (Wildman–Crippen LogP) is -0.118. The van der Waals surface area contributed by atoms with Crippen LogP contribution in [0.15, 0.2) is 0 Å². The highest BCUT2D eigenvalue weighted by Crippen LogP contribution is 2.21. The quantitative estimate of drug-likeness (QED) is 0.610. The van der Waals surface area contributed by atoms with E-state index in [-0.39, 0.29) is 13.2 Å². The summed E-state index contributed by atoms with van der Waals surface area (Å²) >= 11 is 1.93. The third-order valence-electron chi connectivity index (χ3n) is 2.43. The van der Waals surface area contributed by atoms with E-state index in [9.17, 15) is 0 Å². The smallest absolute Gasteiger partial charge is 0.125 e. The Bertz CT molecular complexity index is 111. The molecule has 0 amide bonds. The highest BCUT2D eigenvalue weighted by Gasteiger charge is 2.28. The van der Waals surface area contributed by atoms with Crippen LogP contribution in [0.3, 0.4) is 0 Å². The van der Waals surface area contributed by atoms with Crippen molar-refractivity contribution >= 4 is 11.8 Å². The van der Waals surface area contributed by atoms with Gasteiger partial charge in [0, 0.05) is 12.2 Å². The van der Waals surface area contributed by atoms with E-state index in [1.54, 1.807) is 0 Å². The van der Waals surface area contributed by atoms with Gasteiger partial charge in [-0.1, -0.05) is 0 Å². The molecule has 0 radical (unpaired) electrons. The number of rotatable bonds is 4. The molecule has 0 aromatic heterocycles. The average molecular weight is 192 g/mol. The van der Waals surface area contributed by atoms with Crippen LogP contribution in [-0.2, 0) is 0 Å². The highest BCUT2D eigenvalue weighted by atomic mass is 32.2. The van der Waals surface area contributed by atoms with E-state index in [2.05, 4.69) is 0 Å². The lowest BCUT2D eigenvalue weighted by atomic mass is 10.3. The van der Waals surface area contributed by atoms with E-state index < -0.39 is 0 Å². The minimum atomic E-state index is 0.237. The molecule has 1 saturated heterocycles. The molecule has 2 N–H and O–H groups in total. The van der Waals surface area contributed by atoms with Gasteiger partial charge in [0.15, 0.2) is 0 Å². The highest BCUT2D eigenvalue weighted by molar-refractivity contribution is 7.99. The minimum absolute atomic E-state index is 0.237. The average Bonchev–Trinajstić information content (AvgIpc) is 2.07. The van der Waals surface area contributed by atoms with Crippen LogP contribution < -0.4 is 0 Å². The van der Waals surface area contributed by atoms with E-state index in [0.717, 1.165) is 30.0 Å². The number of thioether (sulfide) groups is 1. The van der Waals surface area contributed by atoms with Crippen molar-refractivity contribution in [3.8, 4) is 0 Å². The van der Waals surface area contributed by atoms with Gasteiger partial charge in [-0.25, -0.2) is 0 Å². The molecule has 1 rings (SSSR count). The summed E-state index contributed by atoms with van der Waals surface area (Å²) in [5.74, 6) is 2.29. The molecule has 1 aliphatic rings. The molecule has 4 heteroatoms. The number of aliphatic hydroxyl groups excluding tert-OH is 2. The van der Waals surface area contributed by atoms with Crippen LogP contribution in [0.4, 0.5) is 0 Å². The first-order valence-corrected chi connectivity index (χ1v) is 5.63. The Morgan fingerprint density at radius 3 is 2.25 bits per heavy atom. The van der Waals surface area contributed by atoms with Gasteiger partial charge in [0.05, 0.1) is 19.8 Å². The molecule has 0 aliphatic carbocycles. The van der Waals surface area contributed by atoms with Gasteiger partial charge in [-0.15, -0.1) is 11.8 Å². The second-order valence-corrected chi connectivity index (χ2v) is 4.43. The van der Waals surface area contributed by atoms with Crippen molar-refractivity contribution < 1.29 is 14.7 Å². The Balaban J connectivity index is 2.44. The molecule has 1 heterocycles. The fraction of sp³-hybridized carbons (Fsp3) is 1.00. The number of hydrogen-bond acceptors (Lipinski definition) is 3. The topological polar surface area (TPSA) is 40.5 Å². The zero-order valence-electron chi connectivity index (χ0n) is 7.41. The SMILES string of the molecule is OCC[N+]1(CCO)CCCSC1. The van der Waals surface area contributed by atoms with E-state index in [1.807, 2.05) is 11.8 Å².